The summed E-state index contributed by atoms with van der Waals surface area (Å²) in [4.78, 5) is 8.52. The highest BCUT2D eigenvalue weighted by atomic mass is 16.5. The summed E-state index contributed by atoms with van der Waals surface area (Å²) in [6.07, 6.45) is 0.651. The number of hydrogen-bond donors (Lipinski definition) is 1. The molecule has 17 heavy (non-hydrogen) atoms. The van der Waals surface area contributed by atoms with Gasteiger partial charge in [0.2, 0.25) is 11.8 Å². The molecule has 0 saturated carbocycles. The van der Waals surface area contributed by atoms with Gasteiger partial charge in [-0.15, -0.1) is 0 Å². The molecule has 0 spiro atoms. The van der Waals surface area contributed by atoms with E-state index in [-0.39, 0.29) is 6.04 Å². The van der Waals surface area contributed by atoms with Crippen LogP contribution in [0.4, 0.5) is 0 Å². The van der Waals surface area contributed by atoms with Gasteiger partial charge in [0.05, 0.1) is 26.9 Å². The second-order valence-corrected chi connectivity index (χ2v) is 3.51. The predicted molar refractivity (Wildman–Crippen MR) is 63.6 cm³/mol. The molecule has 0 fully saturated rings. The van der Waals surface area contributed by atoms with Crippen LogP contribution in [0.1, 0.15) is 5.82 Å². The van der Waals surface area contributed by atoms with Crippen molar-refractivity contribution in [2.24, 2.45) is 0 Å². The van der Waals surface area contributed by atoms with Crippen LogP contribution in [0.3, 0.4) is 0 Å². The maximum absolute atomic E-state index is 5.10. The topological polar surface area (TPSA) is 65.5 Å². The van der Waals surface area contributed by atoms with Crippen LogP contribution in [0.25, 0.3) is 0 Å². The minimum absolute atomic E-state index is 0.164. The number of likely N-dealkylation sites (N-methyl/N-ethyl adjacent to an activating group) is 1. The highest BCUT2D eigenvalue weighted by molar-refractivity contribution is 5.21. The average molecular weight is 241 g/mol. The molecule has 0 aliphatic heterocycles. The van der Waals surface area contributed by atoms with Crippen LogP contribution in [-0.4, -0.2) is 51.0 Å². The van der Waals surface area contributed by atoms with E-state index in [4.69, 9.17) is 14.2 Å². The van der Waals surface area contributed by atoms with Crippen molar-refractivity contribution >= 4 is 0 Å². The van der Waals surface area contributed by atoms with Gasteiger partial charge in [-0.3, -0.25) is 0 Å². The largest absolute Gasteiger partial charge is 0.481 e. The number of nitrogens with zero attached hydrogens (tertiary/aromatic N) is 2. The average Bonchev–Trinajstić information content (AvgIpc) is 2.37. The second-order valence-electron chi connectivity index (χ2n) is 3.51. The number of ether oxygens (including phenoxy) is 3. The van der Waals surface area contributed by atoms with Crippen molar-refractivity contribution in [2.45, 2.75) is 12.5 Å². The number of nitrogens with one attached hydrogen (secondary N) is 1. The Morgan fingerprint density at radius 2 is 1.76 bits per heavy atom. The van der Waals surface area contributed by atoms with E-state index >= 15 is 0 Å². The lowest BCUT2D eigenvalue weighted by molar-refractivity contribution is 0.168. The molecule has 0 aliphatic carbocycles. The Morgan fingerprint density at radius 3 is 2.18 bits per heavy atom. The minimum atomic E-state index is 0.164. The summed E-state index contributed by atoms with van der Waals surface area (Å²) in [5, 5.41) is 3.14. The zero-order chi connectivity index (χ0) is 12.7. The van der Waals surface area contributed by atoms with Crippen LogP contribution >= 0.6 is 0 Å². The third kappa shape index (κ3) is 4.16. The molecule has 6 heteroatoms. The fourth-order valence-corrected chi connectivity index (χ4v) is 1.42. The molecule has 0 amide bonds. The molecule has 0 saturated heterocycles. The summed E-state index contributed by atoms with van der Waals surface area (Å²) in [6, 6.07) is 1.81. The van der Waals surface area contributed by atoms with Gasteiger partial charge in [-0.2, -0.15) is 9.97 Å². The highest BCUT2D eigenvalue weighted by Crippen LogP contribution is 2.15. The van der Waals surface area contributed by atoms with E-state index in [1.54, 1.807) is 27.4 Å². The Labute approximate surface area is 101 Å². The predicted octanol–water partition coefficient (Wildman–Crippen LogP) is 0.271. The van der Waals surface area contributed by atoms with Crippen LogP contribution in [0, 0.1) is 0 Å². The zero-order valence-electron chi connectivity index (χ0n) is 10.7. The molecule has 0 aromatic carbocycles. The van der Waals surface area contributed by atoms with Gasteiger partial charge >= 0.3 is 0 Å². The lowest BCUT2D eigenvalue weighted by atomic mass is 10.2. The van der Waals surface area contributed by atoms with Gasteiger partial charge in [0.15, 0.2) is 0 Å². The standard InChI is InChI=1S/C11H19N3O3/c1-12-8(7-15-2)5-9-13-10(16-3)6-11(14-9)17-4/h6,8,12H,5,7H2,1-4H3. The Hall–Kier alpha value is -1.40. The van der Waals surface area contributed by atoms with Gasteiger partial charge < -0.3 is 19.5 Å². The molecule has 1 rings (SSSR count). The normalized spacial score (nSPS) is 12.2. The number of aromatic nitrogens is 2. The number of methoxy groups -OCH3 is 3. The van der Waals surface area contributed by atoms with Gasteiger partial charge in [-0.05, 0) is 7.05 Å². The van der Waals surface area contributed by atoms with Crippen LogP contribution in [-0.2, 0) is 11.2 Å². The van der Waals surface area contributed by atoms with Crippen molar-refractivity contribution in [1.82, 2.24) is 15.3 Å². The van der Waals surface area contributed by atoms with E-state index in [1.165, 1.54) is 0 Å². The first-order valence-electron chi connectivity index (χ1n) is 5.35. The highest BCUT2D eigenvalue weighted by Gasteiger charge is 2.11. The first-order valence-corrected chi connectivity index (χ1v) is 5.35. The molecular formula is C11H19N3O3. The number of rotatable bonds is 7. The van der Waals surface area contributed by atoms with Gasteiger partial charge in [0.1, 0.15) is 5.82 Å². The molecule has 1 N–H and O–H groups in total. The van der Waals surface area contributed by atoms with Crippen molar-refractivity contribution in [2.75, 3.05) is 35.0 Å². The summed E-state index contributed by atoms with van der Waals surface area (Å²) >= 11 is 0. The molecule has 0 bridgehead atoms. The molecular weight excluding hydrogens is 222 g/mol. The summed E-state index contributed by atoms with van der Waals surface area (Å²) in [6.45, 7) is 0.597. The Bertz CT molecular complexity index is 324. The van der Waals surface area contributed by atoms with E-state index < -0.39 is 0 Å². The van der Waals surface area contributed by atoms with Crippen molar-refractivity contribution < 1.29 is 14.2 Å². The van der Waals surface area contributed by atoms with Gasteiger partial charge in [-0.25, -0.2) is 0 Å². The molecule has 1 unspecified atom stereocenters. The lowest BCUT2D eigenvalue weighted by Crippen LogP contribution is -2.32. The van der Waals surface area contributed by atoms with Crippen molar-refractivity contribution in [1.29, 1.82) is 0 Å². The maximum atomic E-state index is 5.10. The van der Waals surface area contributed by atoms with Gasteiger partial charge in [0, 0.05) is 19.6 Å². The first kappa shape index (κ1) is 13.7. The van der Waals surface area contributed by atoms with Gasteiger partial charge in [-0.1, -0.05) is 0 Å². The molecule has 0 radical (unpaired) electrons. The summed E-state index contributed by atoms with van der Waals surface area (Å²) in [5.74, 6) is 1.66. The van der Waals surface area contributed by atoms with Crippen LogP contribution in [0.15, 0.2) is 6.07 Å². The quantitative estimate of drug-likeness (QED) is 0.739. The fourth-order valence-electron chi connectivity index (χ4n) is 1.42. The Morgan fingerprint density at radius 1 is 1.18 bits per heavy atom. The van der Waals surface area contributed by atoms with Crippen molar-refractivity contribution in [3.8, 4) is 11.8 Å². The van der Waals surface area contributed by atoms with Crippen molar-refractivity contribution in [3.05, 3.63) is 11.9 Å². The van der Waals surface area contributed by atoms with Crippen LogP contribution in [0.5, 0.6) is 11.8 Å². The van der Waals surface area contributed by atoms with E-state index in [9.17, 15) is 0 Å². The molecule has 6 nitrogen and oxygen atoms in total. The first-order chi connectivity index (χ1) is 8.23. The van der Waals surface area contributed by atoms with Crippen LogP contribution in [0.2, 0.25) is 0 Å². The summed E-state index contributed by atoms with van der Waals surface area (Å²) < 4.78 is 15.3. The molecule has 1 heterocycles. The smallest absolute Gasteiger partial charge is 0.220 e. The van der Waals surface area contributed by atoms with E-state index in [1.807, 2.05) is 7.05 Å². The third-order valence-electron chi connectivity index (χ3n) is 2.35. The van der Waals surface area contributed by atoms with E-state index in [0.29, 0.717) is 30.6 Å². The lowest BCUT2D eigenvalue weighted by Gasteiger charge is -2.14. The van der Waals surface area contributed by atoms with E-state index in [0.717, 1.165) is 0 Å². The summed E-state index contributed by atoms with van der Waals surface area (Å²) in [7, 11) is 6.67. The summed E-state index contributed by atoms with van der Waals surface area (Å²) in [5.41, 5.74) is 0. The van der Waals surface area contributed by atoms with Gasteiger partial charge in [0.25, 0.3) is 0 Å². The van der Waals surface area contributed by atoms with Crippen LogP contribution < -0.4 is 14.8 Å². The fraction of sp³-hybridized carbons (Fsp3) is 0.636. The molecule has 1 aromatic rings. The molecule has 96 valence electrons. The molecule has 1 aromatic heterocycles. The van der Waals surface area contributed by atoms with E-state index in [2.05, 4.69) is 15.3 Å². The molecule has 0 aliphatic rings. The Kier molecular flexibility index (Phi) is 5.65. The maximum Gasteiger partial charge on any atom is 0.220 e. The SMILES string of the molecule is CNC(COC)Cc1nc(OC)cc(OC)n1. The third-order valence-corrected chi connectivity index (χ3v) is 2.35. The van der Waals surface area contributed by atoms with Crippen molar-refractivity contribution in [3.63, 3.8) is 0 Å². The zero-order valence-corrected chi connectivity index (χ0v) is 10.7. The minimum Gasteiger partial charge on any atom is -0.481 e. The monoisotopic (exact) mass is 241 g/mol. The molecule has 1 atom stereocenters. The Balaban J connectivity index is 2.81. The number of hydrogen-bond acceptors (Lipinski definition) is 6. The second kappa shape index (κ2) is 7.03.